The Morgan fingerprint density at radius 1 is 1.24 bits per heavy atom. The Labute approximate surface area is 224 Å². The van der Waals surface area contributed by atoms with E-state index < -0.39 is 35.7 Å². The Kier molecular flexibility index (Phi) is 11.4. The number of carbonyl (C=O) groups excluding carboxylic acids is 2. The van der Waals surface area contributed by atoms with Crippen molar-refractivity contribution in [1.29, 1.82) is 0 Å². The molecule has 1 amide bonds. The lowest BCUT2D eigenvalue weighted by atomic mass is 9.84. The smallest absolute Gasteiger partial charge is 0.303 e. The van der Waals surface area contributed by atoms with Gasteiger partial charge in [-0.25, -0.2) is 0 Å². The number of esters is 1. The second-order valence-corrected chi connectivity index (χ2v) is 10.8. The molecule has 2 aliphatic rings. The predicted molar refractivity (Wildman–Crippen MR) is 140 cm³/mol. The largest absolute Gasteiger partial charge is 0.459 e. The number of carbonyl (C=O) groups is 2. The summed E-state index contributed by atoms with van der Waals surface area (Å²) in [5.41, 5.74) is -0.749. The summed E-state index contributed by atoms with van der Waals surface area (Å²) in [4.78, 5) is 23.3. The molecule has 2 heterocycles. The standard InChI is InChI=1S/C27H42ClNO8/c1-16(8-11-23-25(32)27(34,15-28)14-26(6,33)37-23)7-10-22-17(2)13-21(19(4)36-22)29-24(31)12-9-18(3)35-20(5)30/h7-9,11-12,17-19,21-23,25,32-34H,10,13-15H2,1-6H3,(H,29,31)/b11-8+,12-9-,16-7+/t17-,18-,19+,21+,22-,23?,25+,26-,27+/m0/s1. The van der Waals surface area contributed by atoms with Gasteiger partial charge in [-0.15, -0.1) is 11.6 Å². The lowest BCUT2D eigenvalue weighted by molar-refractivity contribution is -0.302. The molecule has 0 aromatic carbocycles. The molecule has 0 bridgehead atoms. The Hall–Kier alpha value is -1.75. The molecule has 0 aromatic heterocycles. The van der Waals surface area contributed by atoms with E-state index in [9.17, 15) is 24.9 Å². The number of allylic oxidation sites excluding steroid dienone is 2. The molecule has 210 valence electrons. The highest BCUT2D eigenvalue weighted by atomic mass is 35.5. The highest BCUT2D eigenvalue weighted by molar-refractivity contribution is 6.18. The molecule has 0 radical (unpaired) electrons. The number of halogens is 1. The fourth-order valence-electron chi connectivity index (χ4n) is 4.73. The van der Waals surface area contributed by atoms with Crippen molar-refractivity contribution in [2.24, 2.45) is 5.92 Å². The number of rotatable bonds is 9. The van der Waals surface area contributed by atoms with Gasteiger partial charge in [0.15, 0.2) is 5.79 Å². The first-order valence-electron chi connectivity index (χ1n) is 12.7. The monoisotopic (exact) mass is 543 g/mol. The van der Waals surface area contributed by atoms with Crippen molar-refractivity contribution in [1.82, 2.24) is 5.32 Å². The van der Waals surface area contributed by atoms with Crippen LogP contribution in [0.25, 0.3) is 0 Å². The summed E-state index contributed by atoms with van der Waals surface area (Å²) >= 11 is 5.85. The fourth-order valence-corrected chi connectivity index (χ4v) is 4.99. The molecular weight excluding hydrogens is 502 g/mol. The first-order chi connectivity index (χ1) is 17.2. The summed E-state index contributed by atoms with van der Waals surface area (Å²) in [5.74, 6) is -2.32. The van der Waals surface area contributed by atoms with Crippen molar-refractivity contribution in [2.75, 3.05) is 5.88 Å². The number of hydrogen-bond donors (Lipinski definition) is 4. The van der Waals surface area contributed by atoms with Crippen LogP contribution in [0, 0.1) is 5.92 Å². The molecule has 2 saturated heterocycles. The van der Waals surface area contributed by atoms with Gasteiger partial charge in [-0.1, -0.05) is 30.7 Å². The molecule has 9 nitrogen and oxygen atoms in total. The van der Waals surface area contributed by atoms with Crippen LogP contribution >= 0.6 is 11.6 Å². The average Bonchev–Trinajstić information content (AvgIpc) is 2.79. The quantitative estimate of drug-likeness (QED) is 0.151. The van der Waals surface area contributed by atoms with Crippen LogP contribution < -0.4 is 5.32 Å². The van der Waals surface area contributed by atoms with E-state index in [0.717, 1.165) is 12.0 Å². The SMILES string of the molecule is CC(=O)O[C@@H](C)/C=C\C(=O)N[C@@H]1C[C@H](C)[C@H](C/C=C(C)/C=C/C2O[C@](C)(O)C[C@@](O)(CCl)[C@@H]2O)O[C@@H]1C. The van der Waals surface area contributed by atoms with Gasteiger partial charge in [-0.3, -0.25) is 9.59 Å². The third-order valence-electron chi connectivity index (χ3n) is 6.75. The van der Waals surface area contributed by atoms with Gasteiger partial charge in [0.2, 0.25) is 5.91 Å². The molecule has 2 fully saturated rings. The van der Waals surface area contributed by atoms with E-state index >= 15 is 0 Å². The zero-order chi connectivity index (χ0) is 28.0. The van der Waals surface area contributed by atoms with Crippen LogP contribution in [0.15, 0.2) is 36.0 Å². The van der Waals surface area contributed by atoms with E-state index in [1.807, 2.05) is 19.9 Å². The van der Waals surface area contributed by atoms with Gasteiger partial charge >= 0.3 is 5.97 Å². The first kappa shape index (κ1) is 31.5. The minimum Gasteiger partial charge on any atom is -0.459 e. The van der Waals surface area contributed by atoms with Crippen molar-refractivity contribution >= 4 is 23.5 Å². The highest BCUT2D eigenvalue weighted by Gasteiger charge is 2.51. The molecule has 2 aliphatic heterocycles. The van der Waals surface area contributed by atoms with Gasteiger partial charge in [0, 0.05) is 19.4 Å². The third kappa shape index (κ3) is 9.50. The van der Waals surface area contributed by atoms with Crippen molar-refractivity contribution in [2.45, 2.75) is 109 Å². The molecule has 4 N–H and O–H groups in total. The highest BCUT2D eigenvalue weighted by Crippen LogP contribution is 2.36. The number of aliphatic hydroxyl groups is 3. The van der Waals surface area contributed by atoms with Gasteiger partial charge < -0.3 is 34.8 Å². The lowest BCUT2D eigenvalue weighted by Crippen LogP contribution is -2.61. The van der Waals surface area contributed by atoms with Crippen LogP contribution in [0.3, 0.4) is 0 Å². The van der Waals surface area contributed by atoms with E-state index in [2.05, 4.69) is 12.2 Å². The predicted octanol–water partition coefficient (Wildman–Crippen LogP) is 2.51. The Balaban J connectivity index is 1.91. The number of ether oxygens (including phenoxy) is 3. The Bertz CT molecular complexity index is 888. The van der Waals surface area contributed by atoms with Crippen LogP contribution in [0.2, 0.25) is 0 Å². The molecule has 1 unspecified atom stereocenters. The molecule has 9 atom stereocenters. The number of hydrogen-bond acceptors (Lipinski definition) is 8. The average molecular weight is 544 g/mol. The zero-order valence-electron chi connectivity index (χ0n) is 22.5. The van der Waals surface area contributed by atoms with E-state index in [1.165, 1.54) is 26.0 Å². The molecule has 10 heteroatoms. The molecule has 2 rings (SSSR count). The maximum atomic E-state index is 12.3. The lowest BCUT2D eigenvalue weighted by Gasteiger charge is -2.46. The van der Waals surface area contributed by atoms with Crippen LogP contribution in [-0.4, -0.2) is 81.0 Å². The summed E-state index contributed by atoms with van der Waals surface area (Å²) in [5, 5.41) is 34.4. The molecular formula is C27H42ClNO8. The number of alkyl halides is 1. The number of amides is 1. The van der Waals surface area contributed by atoms with E-state index in [-0.39, 0.29) is 42.4 Å². The Morgan fingerprint density at radius 3 is 2.54 bits per heavy atom. The second-order valence-electron chi connectivity index (χ2n) is 10.5. The third-order valence-corrected chi connectivity index (χ3v) is 7.22. The first-order valence-corrected chi connectivity index (χ1v) is 13.2. The van der Waals surface area contributed by atoms with Crippen molar-refractivity contribution in [3.8, 4) is 0 Å². The van der Waals surface area contributed by atoms with Crippen LogP contribution in [0.4, 0.5) is 0 Å². The maximum absolute atomic E-state index is 12.3. The van der Waals surface area contributed by atoms with Crippen molar-refractivity contribution in [3.63, 3.8) is 0 Å². The molecule has 37 heavy (non-hydrogen) atoms. The maximum Gasteiger partial charge on any atom is 0.303 e. The van der Waals surface area contributed by atoms with Crippen molar-refractivity contribution < 1.29 is 39.1 Å². The Morgan fingerprint density at radius 2 is 1.92 bits per heavy atom. The van der Waals surface area contributed by atoms with Crippen LogP contribution in [0.1, 0.15) is 60.8 Å². The summed E-state index contributed by atoms with van der Waals surface area (Å²) in [6, 6.07) is -0.143. The molecule has 0 aliphatic carbocycles. The van der Waals surface area contributed by atoms with Crippen molar-refractivity contribution in [3.05, 3.63) is 36.0 Å². The topological polar surface area (TPSA) is 135 Å². The van der Waals surface area contributed by atoms with E-state index in [4.69, 9.17) is 25.8 Å². The minimum atomic E-state index is -1.65. The fraction of sp³-hybridized carbons (Fsp3) is 0.704. The molecule has 0 spiro atoms. The van der Waals surface area contributed by atoms with Gasteiger partial charge in [0.25, 0.3) is 0 Å². The van der Waals surface area contributed by atoms with Crippen LogP contribution in [-0.2, 0) is 23.8 Å². The van der Waals surface area contributed by atoms with E-state index in [1.54, 1.807) is 19.1 Å². The van der Waals surface area contributed by atoms with Crippen LogP contribution in [0.5, 0.6) is 0 Å². The number of aliphatic hydroxyl groups excluding tert-OH is 1. The normalized spacial score (nSPS) is 38.1. The second kappa shape index (κ2) is 13.4. The summed E-state index contributed by atoms with van der Waals surface area (Å²) in [6.07, 6.45) is 6.62. The zero-order valence-corrected chi connectivity index (χ0v) is 23.3. The van der Waals surface area contributed by atoms with Gasteiger partial charge in [-0.05, 0) is 52.5 Å². The summed E-state index contributed by atoms with van der Waals surface area (Å²) in [6.45, 7) is 10.3. The summed E-state index contributed by atoms with van der Waals surface area (Å²) in [7, 11) is 0. The number of nitrogens with one attached hydrogen (secondary N) is 1. The van der Waals surface area contributed by atoms with Gasteiger partial charge in [-0.2, -0.15) is 0 Å². The van der Waals surface area contributed by atoms with Gasteiger partial charge in [0.05, 0.1) is 24.1 Å². The minimum absolute atomic E-state index is 0.0374. The van der Waals surface area contributed by atoms with Gasteiger partial charge in [0.1, 0.15) is 23.9 Å². The summed E-state index contributed by atoms with van der Waals surface area (Å²) < 4.78 is 16.7. The molecule has 0 aromatic rings. The van der Waals surface area contributed by atoms with E-state index in [0.29, 0.717) is 6.42 Å². The molecule has 0 saturated carbocycles.